The van der Waals surface area contributed by atoms with E-state index in [0.29, 0.717) is 0 Å². The summed E-state index contributed by atoms with van der Waals surface area (Å²) >= 11 is 0. The SMILES string of the molecule is Fc1ccc(/C=C/c2ccc3ccccc3n2)cc1. The van der Waals surface area contributed by atoms with Crippen molar-refractivity contribution >= 4 is 23.1 Å². The van der Waals surface area contributed by atoms with Crippen LogP contribution in [0.15, 0.2) is 60.7 Å². The fourth-order valence-electron chi connectivity index (χ4n) is 1.93. The Morgan fingerprint density at radius 2 is 1.58 bits per heavy atom. The molecule has 1 aromatic heterocycles. The molecule has 0 unspecified atom stereocenters. The average molecular weight is 249 g/mol. The molecule has 0 saturated heterocycles. The van der Waals surface area contributed by atoms with Gasteiger partial charge in [-0.15, -0.1) is 0 Å². The van der Waals surface area contributed by atoms with E-state index in [1.807, 2.05) is 48.6 Å². The second-order valence-electron chi connectivity index (χ2n) is 4.31. The third-order valence-corrected chi connectivity index (χ3v) is 2.94. The summed E-state index contributed by atoms with van der Waals surface area (Å²) < 4.78 is 12.8. The van der Waals surface area contributed by atoms with E-state index in [-0.39, 0.29) is 5.82 Å². The first-order valence-corrected chi connectivity index (χ1v) is 6.11. The van der Waals surface area contributed by atoms with Crippen LogP contribution in [0.3, 0.4) is 0 Å². The second kappa shape index (κ2) is 5.02. The number of aromatic nitrogens is 1. The lowest BCUT2D eigenvalue weighted by Crippen LogP contribution is -1.82. The standard InChI is InChI=1S/C17H12FN/c18-15-9-5-13(6-10-15)7-11-16-12-8-14-3-1-2-4-17(14)19-16/h1-12H/b11-7+. The minimum Gasteiger partial charge on any atom is -0.248 e. The lowest BCUT2D eigenvalue weighted by molar-refractivity contribution is 0.628. The zero-order valence-corrected chi connectivity index (χ0v) is 10.3. The van der Waals surface area contributed by atoms with Gasteiger partial charge >= 0.3 is 0 Å². The Hall–Kier alpha value is -2.48. The van der Waals surface area contributed by atoms with E-state index in [1.165, 1.54) is 12.1 Å². The first kappa shape index (κ1) is 11.6. The van der Waals surface area contributed by atoms with E-state index < -0.39 is 0 Å². The molecule has 1 heterocycles. The van der Waals surface area contributed by atoms with Gasteiger partial charge in [0.2, 0.25) is 0 Å². The van der Waals surface area contributed by atoms with E-state index in [4.69, 9.17) is 0 Å². The van der Waals surface area contributed by atoms with Crippen molar-refractivity contribution < 1.29 is 4.39 Å². The van der Waals surface area contributed by atoms with Crippen molar-refractivity contribution in [1.82, 2.24) is 4.98 Å². The number of pyridine rings is 1. The molecule has 0 aliphatic carbocycles. The van der Waals surface area contributed by atoms with E-state index in [1.54, 1.807) is 12.1 Å². The molecule has 0 spiro atoms. The monoisotopic (exact) mass is 249 g/mol. The van der Waals surface area contributed by atoms with Gasteiger partial charge in [0.1, 0.15) is 5.82 Å². The number of hydrogen-bond acceptors (Lipinski definition) is 1. The number of fused-ring (bicyclic) bond motifs is 1. The molecule has 0 amide bonds. The van der Waals surface area contributed by atoms with Crippen molar-refractivity contribution in [2.24, 2.45) is 0 Å². The molecule has 3 aromatic rings. The van der Waals surface area contributed by atoms with E-state index in [2.05, 4.69) is 4.98 Å². The Morgan fingerprint density at radius 1 is 0.789 bits per heavy atom. The summed E-state index contributed by atoms with van der Waals surface area (Å²) in [5.41, 5.74) is 2.82. The predicted octanol–water partition coefficient (Wildman–Crippen LogP) is 4.54. The molecular weight excluding hydrogens is 237 g/mol. The van der Waals surface area contributed by atoms with Crippen molar-refractivity contribution in [1.29, 1.82) is 0 Å². The minimum atomic E-state index is -0.221. The van der Waals surface area contributed by atoms with Crippen molar-refractivity contribution in [3.63, 3.8) is 0 Å². The maximum absolute atomic E-state index is 12.8. The topological polar surface area (TPSA) is 12.9 Å². The van der Waals surface area contributed by atoms with Crippen LogP contribution in [0.25, 0.3) is 23.1 Å². The highest BCUT2D eigenvalue weighted by molar-refractivity contribution is 5.80. The second-order valence-corrected chi connectivity index (χ2v) is 4.31. The Bertz CT molecular complexity index is 730. The van der Waals surface area contributed by atoms with Gasteiger partial charge in [-0.2, -0.15) is 0 Å². The minimum absolute atomic E-state index is 0.221. The smallest absolute Gasteiger partial charge is 0.123 e. The fourth-order valence-corrected chi connectivity index (χ4v) is 1.93. The van der Waals surface area contributed by atoms with Crippen LogP contribution in [-0.4, -0.2) is 4.98 Å². The summed E-state index contributed by atoms with van der Waals surface area (Å²) in [7, 11) is 0. The molecule has 0 N–H and O–H groups in total. The van der Waals surface area contributed by atoms with Gasteiger partial charge in [0.15, 0.2) is 0 Å². The summed E-state index contributed by atoms with van der Waals surface area (Å²) in [6, 6.07) is 18.4. The fraction of sp³-hybridized carbons (Fsp3) is 0. The zero-order valence-electron chi connectivity index (χ0n) is 10.3. The van der Waals surface area contributed by atoms with Gasteiger partial charge in [-0.3, -0.25) is 0 Å². The third kappa shape index (κ3) is 2.68. The Balaban J connectivity index is 1.90. The normalized spacial score (nSPS) is 11.2. The van der Waals surface area contributed by atoms with E-state index in [0.717, 1.165) is 22.2 Å². The molecule has 0 bridgehead atoms. The maximum atomic E-state index is 12.8. The number of halogens is 1. The van der Waals surface area contributed by atoms with Gasteiger partial charge in [-0.25, -0.2) is 9.37 Å². The predicted molar refractivity (Wildman–Crippen MR) is 77.1 cm³/mol. The summed E-state index contributed by atoms with van der Waals surface area (Å²) in [6.45, 7) is 0. The van der Waals surface area contributed by atoms with Gasteiger partial charge in [-0.05, 0) is 35.9 Å². The van der Waals surface area contributed by atoms with Gasteiger partial charge in [0.25, 0.3) is 0 Å². The van der Waals surface area contributed by atoms with Gasteiger partial charge < -0.3 is 0 Å². The van der Waals surface area contributed by atoms with Crippen LogP contribution in [-0.2, 0) is 0 Å². The molecule has 0 atom stereocenters. The molecule has 0 aliphatic heterocycles. The van der Waals surface area contributed by atoms with Gasteiger partial charge in [0, 0.05) is 5.39 Å². The highest BCUT2D eigenvalue weighted by Crippen LogP contribution is 2.14. The number of para-hydroxylation sites is 1. The lowest BCUT2D eigenvalue weighted by atomic mass is 10.1. The number of hydrogen-bond donors (Lipinski definition) is 0. The van der Waals surface area contributed by atoms with Crippen LogP contribution < -0.4 is 0 Å². The van der Waals surface area contributed by atoms with E-state index in [9.17, 15) is 4.39 Å². The quantitative estimate of drug-likeness (QED) is 0.649. The Kier molecular flexibility index (Phi) is 3.07. The summed E-state index contributed by atoms with van der Waals surface area (Å²) in [5.74, 6) is -0.221. The summed E-state index contributed by atoms with van der Waals surface area (Å²) in [5, 5.41) is 1.13. The molecular formula is C17H12FN. The van der Waals surface area contributed by atoms with Gasteiger partial charge in [-0.1, -0.05) is 42.5 Å². The van der Waals surface area contributed by atoms with Crippen LogP contribution in [0, 0.1) is 5.82 Å². The van der Waals surface area contributed by atoms with Crippen LogP contribution in [0.5, 0.6) is 0 Å². The molecule has 2 heteroatoms. The molecule has 0 radical (unpaired) electrons. The molecule has 92 valence electrons. The summed E-state index contributed by atoms with van der Waals surface area (Å²) in [4.78, 5) is 4.55. The maximum Gasteiger partial charge on any atom is 0.123 e. The van der Waals surface area contributed by atoms with Crippen LogP contribution >= 0.6 is 0 Å². The molecule has 2 aromatic carbocycles. The highest BCUT2D eigenvalue weighted by atomic mass is 19.1. The third-order valence-electron chi connectivity index (χ3n) is 2.94. The molecule has 1 nitrogen and oxygen atoms in total. The van der Waals surface area contributed by atoms with Gasteiger partial charge in [0.05, 0.1) is 11.2 Å². The molecule has 0 aliphatic rings. The Morgan fingerprint density at radius 3 is 2.42 bits per heavy atom. The van der Waals surface area contributed by atoms with Crippen molar-refractivity contribution in [2.75, 3.05) is 0 Å². The van der Waals surface area contributed by atoms with Crippen molar-refractivity contribution in [2.45, 2.75) is 0 Å². The van der Waals surface area contributed by atoms with Crippen molar-refractivity contribution in [3.05, 3.63) is 77.7 Å². The molecule has 0 fully saturated rings. The lowest BCUT2D eigenvalue weighted by Gasteiger charge is -1.98. The number of nitrogens with zero attached hydrogens (tertiary/aromatic N) is 1. The zero-order chi connectivity index (χ0) is 13.1. The van der Waals surface area contributed by atoms with Crippen LogP contribution in [0.2, 0.25) is 0 Å². The number of benzene rings is 2. The first-order chi connectivity index (χ1) is 9.31. The molecule has 0 saturated carbocycles. The largest absolute Gasteiger partial charge is 0.248 e. The first-order valence-electron chi connectivity index (χ1n) is 6.11. The van der Waals surface area contributed by atoms with E-state index >= 15 is 0 Å². The Labute approximate surface area is 111 Å². The molecule has 19 heavy (non-hydrogen) atoms. The van der Waals surface area contributed by atoms with Crippen molar-refractivity contribution in [3.8, 4) is 0 Å². The van der Waals surface area contributed by atoms with Crippen LogP contribution in [0.1, 0.15) is 11.3 Å². The highest BCUT2D eigenvalue weighted by Gasteiger charge is 1.95. The molecule has 3 rings (SSSR count). The average Bonchev–Trinajstić information content (AvgIpc) is 2.46. The summed E-state index contributed by atoms with van der Waals surface area (Å²) in [6.07, 6.45) is 3.86. The number of rotatable bonds is 2. The van der Waals surface area contributed by atoms with Crippen LogP contribution in [0.4, 0.5) is 4.39 Å².